The van der Waals surface area contributed by atoms with Crippen molar-refractivity contribution in [3.63, 3.8) is 0 Å². The summed E-state index contributed by atoms with van der Waals surface area (Å²) >= 11 is 1.70. The number of rotatable bonds is 2. The Labute approximate surface area is 130 Å². The number of pyridine rings is 1. The predicted molar refractivity (Wildman–Crippen MR) is 87.5 cm³/mol. The van der Waals surface area contributed by atoms with Crippen LogP contribution in [-0.2, 0) is 0 Å². The maximum atomic E-state index is 5.56. The highest BCUT2D eigenvalue weighted by Gasteiger charge is 2.14. The molecule has 3 aromatic heterocycles. The van der Waals surface area contributed by atoms with E-state index in [0.717, 1.165) is 27.0 Å². The smallest absolute Gasteiger partial charge is 0.313 e. The van der Waals surface area contributed by atoms with E-state index in [0.29, 0.717) is 5.89 Å². The Morgan fingerprint density at radius 2 is 1.95 bits per heavy atom. The highest BCUT2D eigenvalue weighted by Crippen LogP contribution is 2.34. The molecule has 4 rings (SSSR count). The number of para-hydroxylation sites is 1. The van der Waals surface area contributed by atoms with Crippen molar-refractivity contribution in [2.45, 2.75) is 6.92 Å². The van der Waals surface area contributed by atoms with Gasteiger partial charge in [-0.3, -0.25) is 0 Å². The van der Waals surface area contributed by atoms with Crippen molar-refractivity contribution >= 4 is 28.3 Å². The lowest BCUT2D eigenvalue weighted by molar-refractivity contribution is 0.591. The molecule has 0 atom stereocenters. The van der Waals surface area contributed by atoms with E-state index in [9.17, 15) is 0 Å². The largest absolute Gasteiger partial charge is 0.404 e. The molecule has 0 fully saturated rings. The van der Waals surface area contributed by atoms with Crippen LogP contribution in [0.4, 0.5) is 6.01 Å². The van der Waals surface area contributed by atoms with E-state index < -0.39 is 0 Å². The van der Waals surface area contributed by atoms with Gasteiger partial charge in [0, 0.05) is 10.3 Å². The summed E-state index contributed by atoms with van der Waals surface area (Å²) in [5.74, 6) is 0.408. The summed E-state index contributed by atoms with van der Waals surface area (Å²) in [4.78, 5) is 7.09. The van der Waals surface area contributed by atoms with Gasteiger partial charge in [-0.2, -0.15) is 0 Å². The van der Waals surface area contributed by atoms with Crippen LogP contribution in [0.25, 0.3) is 32.9 Å². The Hall–Kier alpha value is -2.73. The molecule has 0 aliphatic carbocycles. The lowest BCUT2D eigenvalue weighted by Gasteiger charge is -2.05. The molecular formula is C16H12N4OS. The van der Waals surface area contributed by atoms with E-state index in [4.69, 9.17) is 15.1 Å². The second-order valence-electron chi connectivity index (χ2n) is 4.93. The van der Waals surface area contributed by atoms with Gasteiger partial charge < -0.3 is 10.2 Å². The second kappa shape index (κ2) is 4.92. The molecule has 0 unspecified atom stereocenters. The highest BCUT2D eigenvalue weighted by molar-refractivity contribution is 7.15. The fraction of sp³-hybridized carbons (Fsp3) is 0.0625. The van der Waals surface area contributed by atoms with Gasteiger partial charge in [-0.05, 0) is 31.2 Å². The first-order valence-corrected chi connectivity index (χ1v) is 7.58. The average molecular weight is 308 g/mol. The number of benzene rings is 1. The molecule has 0 saturated heterocycles. The third-order valence-electron chi connectivity index (χ3n) is 3.38. The number of fused-ring (bicyclic) bond motifs is 1. The zero-order chi connectivity index (χ0) is 15.1. The summed E-state index contributed by atoms with van der Waals surface area (Å²) < 4.78 is 5.40. The van der Waals surface area contributed by atoms with E-state index in [-0.39, 0.29) is 6.01 Å². The third-order valence-corrected chi connectivity index (χ3v) is 4.40. The Morgan fingerprint density at radius 3 is 2.68 bits per heavy atom. The minimum atomic E-state index is 0.0596. The summed E-state index contributed by atoms with van der Waals surface area (Å²) in [7, 11) is 0. The molecule has 0 aliphatic rings. The number of nitrogens with two attached hydrogens (primary N) is 1. The third kappa shape index (κ3) is 2.14. The quantitative estimate of drug-likeness (QED) is 0.607. The first kappa shape index (κ1) is 13.0. The van der Waals surface area contributed by atoms with Crippen LogP contribution in [0.15, 0.2) is 46.9 Å². The van der Waals surface area contributed by atoms with Crippen molar-refractivity contribution in [2.24, 2.45) is 0 Å². The molecule has 22 heavy (non-hydrogen) atoms. The molecule has 108 valence electrons. The van der Waals surface area contributed by atoms with E-state index >= 15 is 0 Å². The average Bonchev–Trinajstić information content (AvgIpc) is 3.15. The Bertz CT molecular complexity index is 973. The molecule has 5 nitrogen and oxygen atoms in total. The van der Waals surface area contributed by atoms with Crippen LogP contribution >= 0.6 is 11.3 Å². The Kier molecular flexibility index (Phi) is 2.90. The lowest BCUT2D eigenvalue weighted by Crippen LogP contribution is -1.88. The van der Waals surface area contributed by atoms with E-state index in [1.807, 2.05) is 30.3 Å². The van der Waals surface area contributed by atoms with Crippen LogP contribution in [0.3, 0.4) is 0 Å². The van der Waals surface area contributed by atoms with Gasteiger partial charge in [-0.1, -0.05) is 23.3 Å². The molecule has 1 aromatic carbocycles. The number of thiophene rings is 1. The monoisotopic (exact) mass is 308 g/mol. The second-order valence-corrected chi connectivity index (χ2v) is 6.22. The number of hydrogen-bond acceptors (Lipinski definition) is 6. The lowest BCUT2D eigenvalue weighted by atomic mass is 10.1. The van der Waals surface area contributed by atoms with Crippen molar-refractivity contribution in [3.8, 4) is 22.0 Å². The molecule has 0 radical (unpaired) electrons. The molecule has 0 spiro atoms. The van der Waals surface area contributed by atoms with Gasteiger partial charge in [0.05, 0.1) is 21.7 Å². The zero-order valence-electron chi connectivity index (χ0n) is 11.8. The first-order valence-electron chi connectivity index (χ1n) is 6.76. The van der Waals surface area contributed by atoms with E-state index in [2.05, 4.69) is 29.3 Å². The minimum Gasteiger partial charge on any atom is -0.404 e. The van der Waals surface area contributed by atoms with Gasteiger partial charge in [-0.25, -0.2) is 4.98 Å². The fourth-order valence-corrected chi connectivity index (χ4v) is 3.22. The van der Waals surface area contributed by atoms with Crippen LogP contribution < -0.4 is 5.73 Å². The molecule has 3 heterocycles. The highest BCUT2D eigenvalue weighted by atomic mass is 32.1. The van der Waals surface area contributed by atoms with Crippen LogP contribution in [-0.4, -0.2) is 15.2 Å². The molecule has 0 amide bonds. The molecule has 0 saturated carbocycles. The van der Waals surface area contributed by atoms with Gasteiger partial charge in [0.15, 0.2) is 0 Å². The number of nitrogen functional groups attached to an aromatic ring is 1. The van der Waals surface area contributed by atoms with Gasteiger partial charge in [0.25, 0.3) is 5.89 Å². The topological polar surface area (TPSA) is 77.8 Å². The zero-order valence-corrected chi connectivity index (χ0v) is 12.6. The van der Waals surface area contributed by atoms with Crippen molar-refractivity contribution in [3.05, 3.63) is 47.3 Å². The molecule has 0 aliphatic heterocycles. The predicted octanol–water partition coefficient (Wildman–Crippen LogP) is 3.90. The Balaban J connectivity index is 2.01. The van der Waals surface area contributed by atoms with Gasteiger partial charge >= 0.3 is 6.01 Å². The fourth-order valence-electron chi connectivity index (χ4n) is 2.39. The molecule has 4 aromatic rings. The Morgan fingerprint density at radius 1 is 1.09 bits per heavy atom. The van der Waals surface area contributed by atoms with Crippen LogP contribution in [0, 0.1) is 6.92 Å². The van der Waals surface area contributed by atoms with Crippen molar-refractivity contribution in [2.75, 3.05) is 5.73 Å². The summed E-state index contributed by atoms with van der Waals surface area (Å²) in [6.45, 7) is 2.08. The standard InChI is InChI=1S/C16H12N4OS/c1-9-6-7-14(22-9)13-8-11(15-19-20-16(17)21-15)10-4-2-3-5-12(10)18-13/h2-8H,1H3,(H2,17,20). The summed E-state index contributed by atoms with van der Waals surface area (Å²) in [6.07, 6.45) is 0. The van der Waals surface area contributed by atoms with Gasteiger partial charge in [0.2, 0.25) is 0 Å². The summed E-state index contributed by atoms with van der Waals surface area (Å²) in [5.41, 5.74) is 8.18. The number of nitrogens with zero attached hydrogens (tertiary/aromatic N) is 3. The van der Waals surface area contributed by atoms with Crippen LogP contribution in [0.2, 0.25) is 0 Å². The van der Waals surface area contributed by atoms with Crippen LogP contribution in [0.5, 0.6) is 0 Å². The maximum absolute atomic E-state index is 5.56. The molecule has 6 heteroatoms. The van der Waals surface area contributed by atoms with Crippen molar-refractivity contribution < 1.29 is 4.42 Å². The molecule has 2 N–H and O–H groups in total. The first-order chi connectivity index (χ1) is 10.7. The maximum Gasteiger partial charge on any atom is 0.313 e. The number of aromatic nitrogens is 3. The van der Waals surface area contributed by atoms with Gasteiger partial charge in [-0.15, -0.1) is 16.4 Å². The number of aryl methyl sites for hydroxylation is 1. The SMILES string of the molecule is Cc1ccc(-c2cc(-c3nnc(N)o3)c3ccccc3n2)s1. The van der Waals surface area contributed by atoms with E-state index in [1.54, 1.807) is 11.3 Å². The molecule has 0 bridgehead atoms. The van der Waals surface area contributed by atoms with E-state index in [1.165, 1.54) is 4.88 Å². The summed E-state index contributed by atoms with van der Waals surface area (Å²) in [6, 6.07) is 14.1. The van der Waals surface area contributed by atoms with Crippen molar-refractivity contribution in [1.82, 2.24) is 15.2 Å². The number of hydrogen-bond donors (Lipinski definition) is 1. The van der Waals surface area contributed by atoms with Crippen LogP contribution in [0.1, 0.15) is 4.88 Å². The van der Waals surface area contributed by atoms with Gasteiger partial charge in [0.1, 0.15) is 0 Å². The summed E-state index contributed by atoms with van der Waals surface area (Å²) in [5, 5.41) is 8.72. The van der Waals surface area contributed by atoms with Crippen molar-refractivity contribution in [1.29, 1.82) is 0 Å². The normalized spacial score (nSPS) is 11.1. The minimum absolute atomic E-state index is 0.0596. The number of anilines is 1. The molecular weight excluding hydrogens is 296 g/mol.